The van der Waals surface area contributed by atoms with Crippen LogP contribution < -0.4 is 11.1 Å². The average molecular weight is 280 g/mol. The predicted molar refractivity (Wildman–Crippen MR) is 71.3 cm³/mol. The molecule has 2 aromatic rings. The van der Waals surface area contributed by atoms with Gasteiger partial charge in [-0.05, 0) is 18.6 Å². The van der Waals surface area contributed by atoms with E-state index < -0.39 is 17.5 Å². The summed E-state index contributed by atoms with van der Waals surface area (Å²) in [6.07, 6.45) is 1.52. The Morgan fingerprint density at radius 2 is 2.00 bits per heavy atom. The van der Waals surface area contributed by atoms with Crippen LogP contribution in [0.3, 0.4) is 0 Å². The van der Waals surface area contributed by atoms with Crippen molar-refractivity contribution >= 4 is 17.3 Å². The normalized spacial score (nSPS) is 10.6. The standard InChI is InChI=1S/C13H14F2N4O/c1-2-3-10-11(16)12(19-18-10)13(20)17-9-5-7(14)4-8(15)6-9/h4-6H,2-3,16H2,1H3,(H,17,20)(H,18,19). The van der Waals surface area contributed by atoms with Crippen molar-refractivity contribution in [2.75, 3.05) is 11.1 Å². The van der Waals surface area contributed by atoms with Crippen LogP contribution in [0.4, 0.5) is 20.2 Å². The van der Waals surface area contributed by atoms with Gasteiger partial charge in [0.05, 0.1) is 11.4 Å². The van der Waals surface area contributed by atoms with Gasteiger partial charge < -0.3 is 11.1 Å². The molecule has 1 aromatic heterocycles. The molecule has 0 radical (unpaired) electrons. The zero-order chi connectivity index (χ0) is 14.7. The number of carbonyl (C=O) groups excluding carboxylic acids is 1. The van der Waals surface area contributed by atoms with Crippen LogP contribution in [0.1, 0.15) is 29.5 Å². The van der Waals surface area contributed by atoms with Crippen molar-refractivity contribution in [3.63, 3.8) is 0 Å². The topological polar surface area (TPSA) is 83.8 Å². The fraction of sp³-hybridized carbons (Fsp3) is 0.231. The monoisotopic (exact) mass is 280 g/mol. The van der Waals surface area contributed by atoms with Gasteiger partial charge in [-0.15, -0.1) is 0 Å². The van der Waals surface area contributed by atoms with Crippen molar-refractivity contribution in [1.29, 1.82) is 0 Å². The number of nitrogens with two attached hydrogens (primary N) is 1. The van der Waals surface area contributed by atoms with E-state index in [2.05, 4.69) is 15.5 Å². The fourth-order valence-electron chi connectivity index (χ4n) is 1.82. The molecule has 0 spiro atoms. The molecule has 0 aliphatic heterocycles. The maximum absolute atomic E-state index is 13.0. The minimum absolute atomic E-state index is 0.00643. The Hall–Kier alpha value is -2.44. The Balaban J connectivity index is 2.19. The van der Waals surface area contributed by atoms with Gasteiger partial charge in [0.25, 0.3) is 5.91 Å². The van der Waals surface area contributed by atoms with E-state index in [-0.39, 0.29) is 17.1 Å². The van der Waals surface area contributed by atoms with Crippen molar-refractivity contribution in [1.82, 2.24) is 10.2 Å². The van der Waals surface area contributed by atoms with E-state index in [1.54, 1.807) is 0 Å². The number of rotatable bonds is 4. The number of halogens is 2. The van der Waals surface area contributed by atoms with Crippen LogP contribution >= 0.6 is 0 Å². The summed E-state index contributed by atoms with van der Waals surface area (Å²) in [5, 5.41) is 8.86. The van der Waals surface area contributed by atoms with Gasteiger partial charge in [0.2, 0.25) is 0 Å². The number of carbonyl (C=O) groups is 1. The van der Waals surface area contributed by atoms with Gasteiger partial charge in [-0.1, -0.05) is 13.3 Å². The molecule has 0 aliphatic rings. The lowest BCUT2D eigenvalue weighted by molar-refractivity contribution is 0.102. The molecule has 0 bridgehead atoms. The van der Waals surface area contributed by atoms with Crippen LogP contribution in [0.2, 0.25) is 0 Å². The summed E-state index contributed by atoms with van der Waals surface area (Å²) in [5.41, 5.74) is 6.74. The molecule has 1 amide bonds. The SMILES string of the molecule is CCCc1[nH]nc(C(=O)Nc2cc(F)cc(F)c2)c1N. The largest absolute Gasteiger partial charge is 0.395 e. The number of aromatic nitrogens is 2. The van der Waals surface area contributed by atoms with Gasteiger partial charge >= 0.3 is 0 Å². The van der Waals surface area contributed by atoms with Crippen LogP contribution in [-0.4, -0.2) is 16.1 Å². The molecule has 0 unspecified atom stereocenters. The van der Waals surface area contributed by atoms with Gasteiger partial charge in [-0.2, -0.15) is 5.10 Å². The molecule has 106 valence electrons. The van der Waals surface area contributed by atoms with E-state index >= 15 is 0 Å². The van der Waals surface area contributed by atoms with Gasteiger partial charge in [0.1, 0.15) is 11.6 Å². The zero-order valence-corrected chi connectivity index (χ0v) is 10.8. The quantitative estimate of drug-likeness (QED) is 0.804. The highest BCUT2D eigenvalue weighted by atomic mass is 19.1. The molecule has 0 saturated heterocycles. The smallest absolute Gasteiger partial charge is 0.278 e. The van der Waals surface area contributed by atoms with E-state index in [1.165, 1.54) is 0 Å². The molecule has 1 aromatic carbocycles. The Morgan fingerprint density at radius 3 is 2.60 bits per heavy atom. The van der Waals surface area contributed by atoms with Crippen molar-refractivity contribution in [2.45, 2.75) is 19.8 Å². The first-order valence-electron chi connectivity index (χ1n) is 6.11. The summed E-state index contributed by atoms with van der Waals surface area (Å²) in [6.45, 7) is 1.97. The van der Waals surface area contributed by atoms with Gasteiger partial charge in [-0.25, -0.2) is 8.78 Å². The molecule has 0 fully saturated rings. The molecular formula is C13H14F2N4O. The van der Waals surface area contributed by atoms with E-state index in [1.807, 2.05) is 6.92 Å². The first-order valence-corrected chi connectivity index (χ1v) is 6.11. The van der Waals surface area contributed by atoms with Crippen LogP contribution in [0.15, 0.2) is 18.2 Å². The third-order valence-corrected chi connectivity index (χ3v) is 2.72. The van der Waals surface area contributed by atoms with E-state index in [4.69, 9.17) is 5.73 Å². The number of anilines is 2. The maximum Gasteiger partial charge on any atom is 0.278 e. The van der Waals surface area contributed by atoms with E-state index in [0.717, 1.165) is 24.6 Å². The van der Waals surface area contributed by atoms with Gasteiger partial charge in [-0.3, -0.25) is 9.89 Å². The van der Waals surface area contributed by atoms with Crippen LogP contribution in [0, 0.1) is 11.6 Å². The van der Waals surface area contributed by atoms with Crippen LogP contribution in [0.5, 0.6) is 0 Å². The Bertz CT molecular complexity index is 619. The predicted octanol–water partition coefficient (Wildman–Crippen LogP) is 2.47. The molecule has 4 N–H and O–H groups in total. The Morgan fingerprint density at radius 1 is 1.35 bits per heavy atom. The Labute approximate surface area is 114 Å². The highest BCUT2D eigenvalue weighted by Crippen LogP contribution is 2.18. The summed E-state index contributed by atoms with van der Waals surface area (Å²) in [4.78, 5) is 12.0. The summed E-state index contributed by atoms with van der Waals surface area (Å²) in [7, 11) is 0. The summed E-state index contributed by atoms with van der Waals surface area (Å²) in [5.74, 6) is -2.17. The molecular weight excluding hydrogens is 266 g/mol. The summed E-state index contributed by atoms with van der Waals surface area (Å²) < 4.78 is 26.1. The molecule has 5 nitrogen and oxygen atoms in total. The van der Waals surface area contributed by atoms with Crippen molar-refractivity contribution in [3.05, 3.63) is 41.2 Å². The number of H-pyrrole nitrogens is 1. The molecule has 2 rings (SSSR count). The molecule has 0 atom stereocenters. The number of amides is 1. The first kappa shape index (κ1) is 14.0. The lowest BCUT2D eigenvalue weighted by Gasteiger charge is -2.04. The lowest BCUT2D eigenvalue weighted by atomic mass is 10.2. The number of hydrogen-bond donors (Lipinski definition) is 3. The number of hydrogen-bond acceptors (Lipinski definition) is 3. The van der Waals surface area contributed by atoms with Crippen molar-refractivity contribution < 1.29 is 13.6 Å². The number of aromatic amines is 1. The maximum atomic E-state index is 13.0. The highest BCUT2D eigenvalue weighted by Gasteiger charge is 2.17. The average Bonchev–Trinajstić information content (AvgIpc) is 2.70. The molecule has 20 heavy (non-hydrogen) atoms. The number of nitrogens with one attached hydrogen (secondary N) is 2. The number of nitrogen functional groups attached to an aromatic ring is 1. The molecule has 1 heterocycles. The minimum atomic E-state index is -0.776. The van der Waals surface area contributed by atoms with Gasteiger partial charge in [0.15, 0.2) is 5.69 Å². The fourth-order valence-corrected chi connectivity index (χ4v) is 1.82. The van der Waals surface area contributed by atoms with Crippen LogP contribution in [-0.2, 0) is 6.42 Å². The molecule has 7 heteroatoms. The second kappa shape index (κ2) is 5.68. The second-order valence-corrected chi connectivity index (χ2v) is 4.33. The molecule has 0 aliphatic carbocycles. The van der Waals surface area contributed by atoms with Gasteiger partial charge in [0, 0.05) is 11.8 Å². The number of benzene rings is 1. The summed E-state index contributed by atoms with van der Waals surface area (Å²) in [6, 6.07) is 2.74. The minimum Gasteiger partial charge on any atom is -0.395 e. The first-order chi connectivity index (χ1) is 9.51. The highest BCUT2D eigenvalue weighted by molar-refractivity contribution is 6.06. The lowest BCUT2D eigenvalue weighted by Crippen LogP contribution is -2.14. The zero-order valence-electron chi connectivity index (χ0n) is 10.8. The Kier molecular flexibility index (Phi) is 3.97. The third kappa shape index (κ3) is 2.93. The van der Waals surface area contributed by atoms with Crippen molar-refractivity contribution in [3.8, 4) is 0 Å². The number of nitrogens with zero attached hydrogens (tertiary/aromatic N) is 1. The molecule has 0 saturated carbocycles. The van der Waals surface area contributed by atoms with Crippen molar-refractivity contribution in [2.24, 2.45) is 0 Å². The van der Waals surface area contributed by atoms with E-state index in [9.17, 15) is 13.6 Å². The second-order valence-electron chi connectivity index (χ2n) is 4.33. The third-order valence-electron chi connectivity index (χ3n) is 2.72. The van der Waals surface area contributed by atoms with Crippen LogP contribution in [0.25, 0.3) is 0 Å². The number of aryl methyl sites for hydroxylation is 1. The summed E-state index contributed by atoms with van der Waals surface area (Å²) >= 11 is 0. The van der Waals surface area contributed by atoms with E-state index in [0.29, 0.717) is 12.1 Å².